The van der Waals surface area contributed by atoms with Crippen LogP contribution in [0.2, 0.25) is 0 Å². The van der Waals surface area contributed by atoms with Gasteiger partial charge in [0, 0.05) is 11.9 Å². The first-order chi connectivity index (χ1) is 8.33. The number of aryl methyl sites for hydroxylation is 1. The van der Waals surface area contributed by atoms with Crippen LogP contribution in [-0.4, -0.2) is 18.5 Å². The van der Waals surface area contributed by atoms with Gasteiger partial charge in [-0.2, -0.15) is 0 Å². The number of benzene rings is 1. The van der Waals surface area contributed by atoms with E-state index < -0.39 is 0 Å². The molecule has 0 amide bonds. The van der Waals surface area contributed by atoms with E-state index >= 15 is 0 Å². The van der Waals surface area contributed by atoms with Crippen molar-refractivity contribution in [3.8, 4) is 0 Å². The third-order valence-corrected chi connectivity index (χ3v) is 3.27. The largest absolute Gasteiger partial charge is 0.314 e. The molecule has 1 aromatic carbocycles. The summed E-state index contributed by atoms with van der Waals surface area (Å²) < 4.78 is 0. The summed E-state index contributed by atoms with van der Waals surface area (Å²) in [6, 6.07) is 11.3. The predicted octanol–water partition coefficient (Wildman–Crippen LogP) is 4.01. The summed E-state index contributed by atoms with van der Waals surface area (Å²) in [6.45, 7) is 3.36. The molecule has 1 unspecified atom stereocenters. The van der Waals surface area contributed by atoms with Crippen LogP contribution in [0.3, 0.4) is 0 Å². The molecule has 0 aromatic heterocycles. The fraction of sp³-hybridized carbons (Fsp3) is 0.600. The highest BCUT2D eigenvalue weighted by Crippen LogP contribution is 2.04. The average Bonchev–Trinajstić information content (AvgIpc) is 2.37. The number of alkyl halides is 1. The zero-order valence-corrected chi connectivity index (χ0v) is 11.5. The summed E-state index contributed by atoms with van der Waals surface area (Å²) in [7, 11) is 0. The van der Waals surface area contributed by atoms with Crippen LogP contribution < -0.4 is 5.32 Å². The Labute approximate surface area is 111 Å². The maximum absolute atomic E-state index is 5.67. The molecule has 0 aliphatic heterocycles. The number of hydrogen-bond acceptors (Lipinski definition) is 1. The van der Waals surface area contributed by atoms with E-state index in [1.807, 2.05) is 0 Å². The van der Waals surface area contributed by atoms with E-state index in [1.54, 1.807) is 0 Å². The molecule has 0 saturated heterocycles. The summed E-state index contributed by atoms with van der Waals surface area (Å²) in [5.74, 6) is 0.778. The molecule has 0 heterocycles. The normalized spacial score (nSPS) is 12.6. The van der Waals surface area contributed by atoms with Crippen molar-refractivity contribution in [2.45, 2.75) is 45.1 Å². The van der Waals surface area contributed by atoms with Gasteiger partial charge in [-0.1, -0.05) is 30.3 Å². The molecular formula is C15H24ClN. The van der Waals surface area contributed by atoms with Crippen LogP contribution in [0.4, 0.5) is 0 Å². The van der Waals surface area contributed by atoms with Crippen molar-refractivity contribution in [1.29, 1.82) is 0 Å². The summed E-state index contributed by atoms with van der Waals surface area (Å²) in [4.78, 5) is 0. The van der Waals surface area contributed by atoms with Crippen molar-refractivity contribution < 1.29 is 0 Å². The first kappa shape index (κ1) is 14.5. The highest BCUT2D eigenvalue weighted by atomic mass is 35.5. The van der Waals surface area contributed by atoms with Crippen LogP contribution in [-0.2, 0) is 6.42 Å². The lowest BCUT2D eigenvalue weighted by Crippen LogP contribution is -2.27. The minimum atomic E-state index is 0.602. The van der Waals surface area contributed by atoms with E-state index in [-0.39, 0.29) is 0 Å². The molecule has 0 spiro atoms. The highest BCUT2D eigenvalue weighted by molar-refractivity contribution is 6.17. The van der Waals surface area contributed by atoms with Gasteiger partial charge in [0.2, 0.25) is 0 Å². The van der Waals surface area contributed by atoms with Gasteiger partial charge in [-0.3, -0.25) is 0 Å². The van der Waals surface area contributed by atoms with Crippen LogP contribution in [0, 0.1) is 0 Å². The second-order valence-corrected chi connectivity index (χ2v) is 5.01. The van der Waals surface area contributed by atoms with E-state index in [9.17, 15) is 0 Å². The Bertz CT molecular complexity index is 274. The van der Waals surface area contributed by atoms with Gasteiger partial charge in [0.25, 0.3) is 0 Å². The molecule has 17 heavy (non-hydrogen) atoms. The Morgan fingerprint density at radius 1 is 1.12 bits per heavy atom. The molecule has 2 heteroatoms. The van der Waals surface area contributed by atoms with Gasteiger partial charge in [-0.25, -0.2) is 0 Å². The predicted molar refractivity (Wildman–Crippen MR) is 76.8 cm³/mol. The number of nitrogens with one attached hydrogen (secondary N) is 1. The zero-order chi connectivity index (χ0) is 12.3. The highest BCUT2D eigenvalue weighted by Gasteiger charge is 1.99. The molecule has 1 aromatic rings. The first-order valence-corrected chi connectivity index (χ1v) is 7.19. The fourth-order valence-electron chi connectivity index (χ4n) is 1.93. The van der Waals surface area contributed by atoms with Gasteiger partial charge in [0.05, 0.1) is 0 Å². The average molecular weight is 254 g/mol. The summed E-state index contributed by atoms with van der Waals surface area (Å²) in [6.07, 6.45) is 6.00. The first-order valence-electron chi connectivity index (χ1n) is 6.66. The standard InChI is InChI=1S/C15H24ClN/c1-14(8-7-12-16)17-13-6-5-11-15-9-3-2-4-10-15/h2-4,9-10,14,17H,5-8,11-13H2,1H3. The fourth-order valence-corrected chi connectivity index (χ4v) is 2.09. The number of halogens is 1. The summed E-state index contributed by atoms with van der Waals surface area (Å²) in [5, 5.41) is 3.55. The van der Waals surface area contributed by atoms with Gasteiger partial charge in [-0.15, -0.1) is 11.6 Å². The Morgan fingerprint density at radius 2 is 1.88 bits per heavy atom. The lowest BCUT2D eigenvalue weighted by atomic mass is 10.1. The summed E-state index contributed by atoms with van der Waals surface area (Å²) in [5.41, 5.74) is 1.45. The van der Waals surface area contributed by atoms with Gasteiger partial charge in [0.15, 0.2) is 0 Å². The molecule has 0 aliphatic carbocycles. The van der Waals surface area contributed by atoms with Gasteiger partial charge < -0.3 is 5.32 Å². The van der Waals surface area contributed by atoms with E-state index in [4.69, 9.17) is 11.6 Å². The van der Waals surface area contributed by atoms with Crippen LogP contribution in [0.1, 0.15) is 38.2 Å². The molecule has 96 valence electrons. The smallest absolute Gasteiger partial charge is 0.0224 e. The quantitative estimate of drug-likeness (QED) is 0.518. The van der Waals surface area contributed by atoms with Crippen LogP contribution in [0.15, 0.2) is 30.3 Å². The number of rotatable bonds is 9. The number of unbranched alkanes of at least 4 members (excludes halogenated alkanes) is 1. The van der Waals surface area contributed by atoms with Gasteiger partial charge in [-0.05, 0) is 51.1 Å². The second-order valence-electron chi connectivity index (χ2n) is 4.63. The van der Waals surface area contributed by atoms with Crippen molar-refractivity contribution in [3.05, 3.63) is 35.9 Å². The molecule has 1 rings (SSSR count). The van der Waals surface area contributed by atoms with E-state index in [0.717, 1.165) is 18.8 Å². The Kier molecular flexibility index (Phi) is 8.12. The van der Waals surface area contributed by atoms with E-state index in [2.05, 4.69) is 42.6 Å². The van der Waals surface area contributed by atoms with Gasteiger partial charge >= 0.3 is 0 Å². The van der Waals surface area contributed by atoms with Gasteiger partial charge in [0.1, 0.15) is 0 Å². The molecule has 0 radical (unpaired) electrons. The topological polar surface area (TPSA) is 12.0 Å². The maximum Gasteiger partial charge on any atom is 0.0224 e. The molecule has 1 N–H and O–H groups in total. The maximum atomic E-state index is 5.67. The van der Waals surface area contributed by atoms with Crippen molar-refractivity contribution in [1.82, 2.24) is 5.32 Å². The third-order valence-electron chi connectivity index (χ3n) is 3.00. The monoisotopic (exact) mass is 253 g/mol. The number of hydrogen-bond donors (Lipinski definition) is 1. The van der Waals surface area contributed by atoms with Crippen LogP contribution in [0.25, 0.3) is 0 Å². The molecular weight excluding hydrogens is 230 g/mol. The van der Waals surface area contributed by atoms with Crippen molar-refractivity contribution in [2.75, 3.05) is 12.4 Å². The Morgan fingerprint density at radius 3 is 2.59 bits per heavy atom. The molecule has 0 fully saturated rings. The molecule has 1 atom stereocenters. The third kappa shape index (κ3) is 7.40. The minimum Gasteiger partial charge on any atom is -0.314 e. The SMILES string of the molecule is CC(CCCCl)NCCCCc1ccccc1. The second kappa shape index (κ2) is 9.49. The molecule has 1 nitrogen and oxygen atoms in total. The van der Waals surface area contributed by atoms with Crippen LogP contribution >= 0.6 is 11.6 Å². The Balaban J connectivity index is 1.97. The Hall–Kier alpha value is -0.530. The molecule has 0 bridgehead atoms. The van der Waals surface area contributed by atoms with E-state index in [1.165, 1.54) is 31.2 Å². The van der Waals surface area contributed by atoms with Crippen molar-refractivity contribution >= 4 is 11.6 Å². The van der Waals surface area contributed by atoms with E-state index in [0.29, 0.717) is 6.04 Å². The van der Waals surface area contributed by atoms with Crippen LogP contribution in [0.5, 0.6) is 0 Å². The zero-order valence-electron chi connectivity index (χ0n) is 10.8. The molecule has 0 aliphatic rings. The minimum absolute atomic E-state index is 0.602. The lowest BCUT2D eigenvalue weighted by Gasteiger charge is -2.12. The lowest BCUT2D eigenvalue weighted by molar-refractivity contribution is 0.496. The summed E-state index contributed by atoms with van der Waals surface area (Å²) >= 11 is 5.67. The van der Waals surface area contributed by atoms with Crippen molar-refractivity contribution in [3.63, 3.8) is 0 Å². The molecule has 0 saturated carbocycles. The van der Waals surface area contributed by atoms with Crippen molar-refractivity contribution in [2.24, 2.45) is 0 Å².